The number of hydrogen-bond donors (Lipinski definition) is 7. The van der Waals surface area contributed by atoms with Crippen molar-refractivity contribution in [3.63, 3.8) is 0 Å². The first-order valence-electron chi connectivity index (χ1n) is 43.0. The van der Waals surface area contributed by atoms with Crippen LogP contribution in [-0.4, -0.2) is 198 Å². The summed E-state index contributed by atoms with van der Waals surface area (Å²) in [6.07, 6.45) is 8.96. The number of aldehydes is 1. The van der Waals surface area contributed by atoms with Gasteiger partial charge in [-0.05, 0) is 206 Å². The fraction of sp³-hybridized carbons (Fsp3) is 0.436. The summed E-state index contributed by atoms with van der Waals surface area (Å²) in [7, 11) is 0. The highest BCUT2D eigenvalue weighted by Crippen LogP contribution is 2.35. The molecule has 4 fully saturated rings. The van der Waals surface area contributed by atoms with E-state index in [2.05, 4.69) is 119 Å². The molecule has 14 rings (SSSR count). The summed E-state index contributed by atoms with van der Waals surface area (Å²) >= 11 is 0. The fourth-order valence-corrected chi connectivity index (χ4v) is 15.3. The number of nitrogens with one attached hydrogen (secondary N) is 7. The summed E-state index contributed by atoms with van der Waals surface area (Å²) in [4.78, 5) is 114. The molecule has 0 saturated carbocycles. The van der Waals surface area contributed by atoms with E-state index < -0.39 is 11.5 Å². The van der Waals surface area contributed by atoms with E-state index in [0.29, 0.717) is 77.6 Å². The van der Waals surface area contributed by atoms with Crippen LogP contribution in [0.4, 0.5) is 21.0 Å². The summed E-state index contributed by atoms with van der Waals surface area (Å²) in [6.45, 7) is 35.6. The molecule has 7 N–H and O–H groups in total. The Morgan fingerprint density at radius 3 is 1.30 bits per heavy atom. The van der Waals surface area contributed by atoms with Gasteiger partial charge in [0.2, 0.25) is 0 Å². The number of amides is 6. The van der Waals surface area contributed by atoms with Crippen molar-refractivity contribution in [1.29, 1.82) is 0 Å². The molecular weight excluding hydrogens is 1560 g/mol. The summed E-state index contributed by atoms with van der Waals surface area (Å²) in [5.74, 6) is -1.53. The minimum atomic E-state index is -0.511. The zero-order valence-electron chi connectivity index (χ0n) is 73.0. The Labute approximate surface area is 720 Å². The van der Waals surface area contributed by atoms with Gasteiger partial charge in [0.1, 0.15) is 40.3 Å². The number of ether oxygens (including phenoxy) is 4. The second kappa shape index (κ2) is 42.2. The Bertz CT molecular complexity index is 5370. The number of benzene rings is 4. The van der Waals surface area contributed by atoms with Crippen LogP contribution in [0.1, 0.15) is 198 Å². The van der Waals surface area contributed by atoms with Gasteiger partial charge in [-0.1, -0.05) is 86.6 Å². The topological polar surface area (TPSA) is 338 Å². The number of aromatic nitrogens is 8. The minimum Gasteiger partial charge on any atom is -0.444 e. The SMILES string of the molecule is CC(C)(C)OC(=O)N1CCNCC1.CCc1nc2c(cnn2CC)c(NC2CCOCC2)c1CNC(=O)c1cccc(C(=O)NCc2ccc(C)c(-c3cccc(C=O)c3)c2)n1.CCc1nc2c(cnn2CC)c(NC2CCOCC2)c1CNC(=O)c1cccc(C(=O)NCc2ccc(C)c(-c3cccc(CN4CCN(C(=O)OC(C)(C)C)CC4)c3)c2)n1. The molecule has 650 valence electrons. The summed E-state index contributed by atoms with van der Waals surface area (Å²) in [5, 5.41) is 33.7. The summed E-state index contributed by atoms with van der Waals surface area (Å²) in [6, 6.07) is 38.3. The van der Waals surface area contributed by atoms with Crippen molar-refractivity contribution in [2.45, 2.75) is 191 Å². The predicted molar refractivity (Wildman–Crippen MR) is 476 cm³/mol. The third-order valence-electron chi connectivity index (χ3n) is 21.9. The van der Waals surface area contributed by atoms with Crippen LogP contribution in [-0.2, 0) is 77.6 Å². The molecule has 4 saturated heterocycles. The highest BCUT2D eigenvalue weighted by molar-refractivity contribution is 5.99. The molecule has 10 heterocycles. The third kappa shape index (κ3) is 24.2. The lowest BCUT2D eigenvalue weighted by Crippen LogP contribution is -2.49. The van der Waals surface area contributed by atoms with Gasteiger partial charge < -0.3 is 66.0 Å². The van der Waals surface area contributed by atoms with Gasteiger partial charge in [-0.25, -0.2) is 38.9 Å². The summed E-state index contributed by atoms with van der Waals surface area (Å²) < 4.78 is 25.8. The lowest BCUT2D eigenvalue weighted by Gasteiger charge is -2.35. The van der Waals surface area contributed by atoms with Gasteiger partial charge in [-0.15, -0.1) is 0 Å². The first-order valence-corrected chi connectivity index (χ1v) is 43.0. The molecular formula is C94H118N18O11. The Morgan fingerprint density at radius 2 is 0.886 bits per heavy atom. The van der Waals surface area contributed by atoms with Crippen LogP contribution >= 0.6 is 0 Å². The van der Waals surface area contributed by atoms with Crippen molar-refractivity contribution >= 4 is 75.5 Å². The van der Waals surface area contributed by atoms with E-state index in [0.717, 1.165) is 178 Å². The number of carbonyl (C=O) groups is 7. The fourth-order valence-electron chi connectivity index (χ4n) is 15.3. The van der Waals surface area contributed by atoms with E-state index in [1.165, 1.54) is 5.56 Å². The van der Waals surface area contributed by atoms with Gasteiger partial charge in [0, 0.05) is 165 Å². The third-order valence-corrected chi connectivity index (χ3v) is 21.9. The molecule has 0 radical (unpaired) electrons. The first kappa shape index (κ1) is 90.2. The average molecular weight is 1680 g/mol. The predicted octanol–water partition coefficient (Wildman–Crippen LogP) is 13.4. The number of nitrogens with zero attached hydrogens (tertiary/aromatic N) is 11. The first-order chi connectivity index (χ1) is 59.2. The second-order valence-corrected chi connectivity index (χ2v) is 33.2. The number of fused-ring (bicyclic) bond motifs is 2. The highest BCUT2D eigenvalue weighted by Gasteiger charge is 2.30. The number of hydrogen-bond acceptors (Lipinski definition) is 21. The van der Waals surface area contributed by atoms with Crippen molar-refractivity contribution in [2.24, 2.45) is 0 Å². The maximum Gasteiger partial charge on any atom is 0.410 e. The number of piperazine rings is 2. The van der Waals surface area contributed by atoms with Crippen LogP contribution in [0.15, 0.2) is 134 Å². The van der Waals surface area contributed by atoms with Crippen LogP contribution in [0.25, 0.3) is 44.3 Å². The molecule has 0 unspecified atom stereocenters. The monoisotopic (exact) mass is 1670 g/mol. The number of pyridine rings is 4. The van der Waals surface area contributed by atoms with E-state index in [-0.39, 0.29) is 90.0 Å². The van der Waals surface area contributed by atoms with Gasteiger partial charge in [0.25, 0.3) is 23.6 Å². The molecule has 0 spiro atoms. The number of carbonyl (C=O) groups excluding carboxylic acids is 7. The largest absolute Gasteiger partial charge is 0.444 e. The van der Waals surface area contributed by atoms with Crippen molar-refractivity contribution in [3.8, 4) is 22.3 Å². The van der Waals surface area contributed by atoms with Crippen LogP contribution in [0.5, 0.6) is 0 Å². The zero-order valence-corrected chi connectivity index (χ0v) is 73.0. The molecule has 6 amide bonds. The van der Waals surface area contributed by atoms with Crippen LogP contribution in [0, 0.1) is 13.8 Å². The van der Waals surface area contributed by atoms with Crippen LogP contribution < -0.4 is 37.2 Å². The molecule has 29 heteroatoms. The zero-order chi connectivity index (χ0) is 87.3. The van der Waals surface area contributed by atoms with Gasteiger partial charge in [-0.2, -0.15) is 10.2 Å². The molecule has 123 heavy (non-hydrogen) atoms. The normalized spacial score (nSPS) is 14.8. The Kier molecular flexibility index (Phi) is 30.9. The van der Waals surface area contributed by atoms with E-state index >= 15 is 0 Å². The molecule has 0 bridgehead atoms. The van der Waals surface area contributed by atoms with Gasteiger partial charge in [0.05, 0.1) is 34.5 Å². The number of aryl methyl sites for hydroxylation is 6. The van der Waals surface area contributed by atoms with Crippen LogP contribution in [0.2, 0.25) is 0 Å². The van der Waals surface area contributed by atoms with Crippen molar-refractivity contribution < 1.29 is 52.5 Å². The quantitative estimate of drug-likeness (QED) is 0.0261. The molecule has 10 aromatic rings. The summed E-state index contributed by atoms with van der Waals surface area (Å²) in [5.41, 5.74) is 16.7. The Hall–Kier alpha value is -12.1. The molecule has 4 aromatic carbocycles. The maximum atomic E-state index is 13.6. The van der Waals surface area contributed by atoms with E-state index in [9.17, 15) is 33.6 Å². The average Bonchev–Trinajstić information content (AvgIpc) is 1.68. The van der Waals surface area contributed by atoms with Crippen molar-refractivity contribution in [3.05, 3.63) is 212 Å². The van der Waals surface area contributed by atoms with Crippen LogP contribution in [0.3, 0.4) is 0 Å². The number of rotatable bonds is 25. The van der Waals surface area contributed by atoms with Gasteiger partial charge in [-0.3, -0.25) is 28.9 Å². The van der Waals surface area contributed by atoms with Gasteiger partial charge >= 0.3 is 12.2 Å². The standard InChI is InChI=1S/C47H59N9O5.C38H41N7O4.C9H18N2O2/c1-7-39-37(42(51-35-17-23-60-24-18-35)38-29-50-56(8-2)43(38)53-39)28-49-45(58)41-14-10-13-40(52-41)44(57)48-27-32-16-15-31(3)36(26-32)34-12-9-11-33(25-34)30-54-19-21-55(22-20-54)46(59)61-47(4,5)6;1-4-32-30(35(42-28-14-16-49-17-15-28)31-22-41-45(5-2)36(31)44-32)21-40-38(48)34-11-7-10-33(43-34)37(47)39-20-25-13-12-24(3)29(19-25)27-9-6-8-26(18-27)23-46;1-9(2,3)13-8(12)11-6-4-10-5-7-11/h9-16,25-26,29,35H,7-8,17-24,27-28,30H2,1-6H3,(H,48,57)(H,49,58)(H,51,53);6-13,18-19,22-23,28H,4-5,14-17,20-21H2,1-3H3,(H,39,47)(H,40,48)(H,42,44);10H,4-7H2,1-3H3. The second-order valence-electron chi connectivity index (χ2n) is 33.2. The van der Waals surface area contributed by atoms with E-state index in [1.807, 2.05) is 127 Å². The van der Waals surface area contributed by atoms with Gasteiger partial charge in [0.15, 0.2) is 11.3 Å². The lowest BCUT2D eigenvalue weighted by molar-refractivity contribution is 0.0137. The smallest absolute Gasteiger partial charge is 0.410 e. The minimum absolute atomic E-state index is 0.143. The molecule has 4 aliphatic heterocycles. The highest BCUT2D eigenvalue weighted by atomic mass is 16.6. The van der Waals surface area contributed by atoms with E-state index in [1.54, 1.807) is 52.3 Å². The molecule has 6 aromatic heterocycles. The van der Waals surface area contributed by atoms with Crippen molar-refractivity contribution in [2.75, 3.05) is 89.4 Å². The maximum absolute atomic E-state index is 13.6. The molecule has 0 atom stereocenters. The Morgan fingerprint density at radius 1 is 0.480 bits per heavy atom. The number of anilines is 2. The lowest BCUT2D eigenvalue weighted by atomic mass is 9.96. The van der Waals surface area contributed by atoms with Crippen molar-refractivity contribution in [1.82, 2.24) is 80.8 Å². The molecule has 4 aliphatic rings. The molecule has 0 aliphatic carbocycles. The van der Waals surface area contributed by atoms with E-state index in [4.69, 9.17) is 28.9 Å². The molecule has 29 nitrogen and oxygen atoms in total. The Balaban J connectivity index is 0.000000199.